The average Bonchev–Trinajstić information content (AvgIpc) is 2.93. The SMILES string of the molecule is CC1CCC(NS(=O)(=O)CC(=O)NCc2cn(CC(=O)O)nn2)CC1. The first-order chi connectivity index (χ1) is 11.7. The van der Waals surface area contributed by atoms with Crippen molar-refractivity contribution in [3.8, 4) is 0 Å². The van der Waals surface area contributed by atoms with Gasteiger partial charge >= 0.3 is 5.97 Å². The van der Waals surface area contributed by atoms with Crippen molar-refractivity contribution in [3.05, 3.63) is 11.9 Å². The highest BCUT2D eigenvalue weighted by Gasteiger charge is 2.24. The lowest BCUT2D eigenvalue weighted by molar-refractivity contribution is -0.138. The van der Waals surface area contributed by atoms with Crippen molar-refractivity contribution >= 4 is 21.9 Å². The maximum absolute atomic E-state index is 12.1. The second kappa shape index (κ2) is 8.39. The van der Waals surface area contributed by atoms with Crippen LogP contribution in [0.25, 0.3) is 0 Å². The normalized spacial score (nSPS) is 21.0. The van der Waals surface area contributed by atoms with Gasteiger partial charge in [-0.1, -0.05) is 12.1 Å². The van der Waals surface area contributed by atoms with Gasteiger partial charge in [0.15, 0.2) is 0 Å². The summed E-state index contributed by atoms with van der Waals surface area (Å²) in [5, 5.41) is 18.4. The lowest BCUT2D eigenvalue weighted by Gasteiger charge is -2.26. The number of nitrogens with one attached hydrogen (secondary N) is 2. The van der Waals surface area contributed by atoms with Gasteiger partial charge in [0.2, 0.25) is 15.9 Å². The molecule has 0 spiro atoms. The number of nitrogens with zero attached hydrogens (tertiary/aromatic N) is 3. The van der Waals surface area contributed by atoms with E-state index in [-0.39, 0.29) is 19.1 Å². The minimum absolute atomic E-state index is 0.0189. The Kier molecular flexibility index (Phi) is 6.48. The van der Waals surface area contributed by atoms with E-state index in [0.717, 1.165) is 30.4 Å². The number of aliphatic carboxylic acids is 1. The lowest BCUT2D eigenvalue weighted by atomic mass is 9.88. The van der Waals surface area contributed by atoms with Crippen LogP contribution in [0.1, 0.15) is 38.3 Å². The van der Waals surface area contributed by atoms with Crippen LogP contribution in [0.2, 0.25) is 0 Å². The molecule has 0 bridgehead atoms. The fourth-order valence-electron chi connectivity index (χ4n) is 2.72. The van der Waals surface area contributed by atoms with Gasteiger partial charge < -0.3 is 10.4 Å². The number of aromatic nitrogens is 3. The Morgan fingerprint density at radius 2 is 2.00 bits per heavy atom. The summed E-state index contributed by atoms with van der Waals surface area (Å²) in [6, 6.07) is -0.107. The maximum Gasteiger partial charge on any atom is 0.325 e. The van der Waals surface area contributed by atoms with E-state index in [0.29, 0.717) is 11.6 Å². The fourth-order valence-corrected chi connectivity index (χ4v) is 4.00. The molecule has 10 nitrogen and oxygen atoms in total. The van der Waals surface area contributed by atoms with Crippen LogP contribution in [-0.4, -0.2) is 52.2 Å². The van der Waals surface area contributed by atoms with Crippen LogP contribution in [0.15, 0.2) is 6.20 Å². The number of hydrogen-bond donors (Lipinski definition) is 3. The number of carbonyl (C=O) groups excluding carboxylic acids is 1. The molecule has 3 N–H and O–H groups in total. The summed E-state index contributed by atoms with van der Waals surface area (Å²) < 4.78 is 27.8. The molecule has 0 atom stereocenters. The Morgan fingerprint density at radius 3 is 2.64 bits per heavy atom. The maximum atomic E-state index is 12.1. The Bertz CT molecular complexity index is 709. The van der Waals surface area contributed by atoms with Gasteiger partial charge in [0.05, 0.1) is 12.7 Å². The van der Waals surface area contributed by atoms with Crippen molar-refractivity contribution in [3.63, 3.8) is 0 Å². The Morgan fingerprint density at radius 1 is 1.32 bits per heavy atom. The number of carboxylic acids is 1. The quantitative estimate of drug-likeness (QED) is 0.556. The van der Waals surface area contributed by atoms with Gasteiger partial charge in [-0.3, -0.25) is 9.59 Å². The van der Waals surface area contributed by atoms with Gasteiger partial charge in [-0.25, -0.2) is 17.8 Å². The molecule has 1 aliphatic carbocycles. The monoisotopic (exact) mass is 373 g/mol. The third-order valence-electron chi connectivity index (χ3n) is 4.03. The topological polar surface area (TPSA) is 143 Å². The predicted molar refractivity (Wildman–Crippen MR) is 87.8 cm³/mol. The van der Waals surface area contributed by atoms with Crippen LogP contribution in [0, 0.1) is 5.92 Å². The smallest absolute Gasteiger partial charge is 0.325 e. The highest BCUT2D eigenvalue weighted by molar-refractivity contribution is 7.90. The van der Waals surface area contributed by atoms with Gasteiger partial charge in [-0.05, 0) is 31.6 Å². The molecule has 25 heavy (non-hydrogen) atoms. The second-order valence-corrected chi connectivity index (χ2v) is 8.17. The molecular formula is C14H23N5O5S. The molecule has 1 amide bonds. The van der Waals surface area contributed by atoms with Gasteiger partial charge in [0, 0.05) is 6.04 Å². The summed E-state index contributed by atoms with van der Waals surface area (Å²) in [6.45, 7) is 1.79. The van der Waals surface area contributed by atoms with Crippen molar-refractivity contribution in [1.82, 2.24) is 25.0 Å². The minimum atomic E-state index is -3.69. The number of carboxylic acid groups (broad SMARTS) is 1. The largest absolute Gasteiger partial charge is 0.480 e. The summed E-state index contributed by atoms with van der Waals surface area (Å²) in [5.74, 6) is -1.75. The molecule has 140 valence electrons. The van der Waals surface area contributed by atoms with Crippen LogP contribution >= 0.6 is 0 Å². The van der Waals surface area contributed by atoms with Crippen molar-refractivity contribution in [2.75, 3.05) is 5.75 Å². The zero-order valence-corrected chi connectivity index (χ0v) is 14.8. The van der Waals surface area contributed by atoms with Crippen molar-refractivity contribution in [2.24, 2.45) is 5.92 Å². The summed E-state index contributed by atoms with van der Waals surface area (Å²) in [6.07, 6.45) is 4.91. The van der Waals surface area contributed by atoms with Gasteiger partial charge in [0.1, 0.15) is 18.0 Å². The van der Waals surface area contributed by atoms with Crippen LogP contribution in [0.5, 0.6) is 0 Å². The summed E-state index contributed by atoms with van der Waals surface area (Å²) in [5.41, 5.74) is 0.348. The van der Waals surface area contributed by atoms with Crippen LogP contribution in [-0.2, 0) is 32.7 Å². The molecule has 0 aliphatic heterocycles. The molecule has 11 heteroatoms. The molecule has 1 heterocycles. The van der Waals surface area contributed by atoms with Gasteiger partial charge in [0.25, 0.3) is 0 Å². The summed E-state index contributed by atoms with van der Waals surface area (Å²) >= 11 is 0. The Hall–Kier alpha value is -2.01. The molecule has 1 aromatic rings. The third kappa shape index (κ3) is 6.78. The van der Waals surface area contributed by atoms with E-state index in [1.807, 2.05) is 0 Å². The Balaban J connectivity index is 1.76. The van der Waals surface area contributed by atoms with E-state index < -0.39 is 27.7 Å². The van der Waals surface area contributed by atoms with Crippen molar-refractivity contribution < 1.29 is 23.1 Å². The number of sulfonamides is 1. The third-order valence-corrected chi connectivity index (χ3v) is 5.37. The highest BCUT2D eigenvalue weighted by atomic mass is 32.2. The summed E-state index contributed by atoms with van der Waals surface area (Å²) in [4.78, 5) is 22.4. The van der Waals surface area contributed by atoms with Crippen molar-refractivity contribution in [1.29, 1.82) is 0 Å². The number of carbonyl (C=O) groups is 2. The van der Waals surface area contributed by atoms with Crippen molar-refractivity contribution in [2.45, 2.75) is 51.7 Å². The van der Waals surface area contributed by atoms with E-state index in [4.69, 9.17) is 5.11 Å². The Labute approximate surface area is 146 Å². The van der Waals surface area contributed by atoms with E-state index in [1.165, 1.54) is 6.20 Å². The number of amides is 1. The molecule has 1 saturated carbocycles. The second-order valence-electron chi connectivity index (χ2n) is 6.41. The molecule has 0 radical (unpaired) electrons. The van der Waals surface area contributed by atoms with Gasteiger partial charge in [-0.2, -0.15) is 0 Å². The van der Waals surface area contributed by atoms with Gasteiger partial charge in [-0.15, -0.1) is 5.10 Å². The van der Waals surface area contributed by atoms with E-state index in [9.17, 15) is 18.0 Å². The molecule has 0 saturated heterocycles. The predicted octanol–water partition coefficient (Wildman–Crippen LogP) is -0.523. The molecule has 1 aliphatic rings. The molecular weight excluding hydrogens is 350 g/mol. The molecule has 0 unspecified atom stereocenters. The highest BCUT2D eigenvalue weighted by Crippen LogP contribution is 2.23. The first-order valence-corrected chi connectivity index (χ1v) is 9.76. The number of hydrogen-bond acceptors (Lipinski definition) is 6. The fraction of sp³-hybridized carbons (Fsp3) is 0.714. The zero-order valence-electron chi connectivity index (χ0n) is 14.0. The molecule has 1 aromatic heterocycles. The first-order valence-electron chi connectivity index (χ1n) is 8.11. The summed E-state index contributed by atoms with van der Waals surface area (Å²) in [7, 11) is -3.69. The standard InChI is InChI=1S/C14H23N5O5S/c1-10-2-4-11(5-3-10)17-25(23,24)9-13(20)15-6-12-7-19(18-16-12)8-14(21)22/h7,10-11,17H,2-6,8-9H2,1H3,(H,15,20)(H,21,22). The van der Waals surface area contributed by atoms with Crippen LogP contribution in [0.3, 0.4) is 0 Å². The number of rotatable bonds is 8. The lowest BCUT2D eigenvalue weighted by Crippen LogP contribution is -2.42. The van der Waals surface area contributed by atoms with E-state index in [2.05, 4.69) is 27.3 Å². The minimum Gasteiger partial charge on any atom is -0.480 e. The van der Waals surface area contributed by atoms with Crippen LogP contribution in [0.4, 0.5) is 0 Å². The molecule has 0 aromatic carbocycles. The van der Waals surface area contributed by atoms with E-state index in [1.54, 1.807) is 0 Å². The zero-order chi connectivity index (χ0) is 18.4. The van der Waals surface area contributed by atoms with E-state index >= 15 is 0 Å². The molecule has 1 fully saturated rings. The molecule has 2 rings (SSSR count). The first kappa shape index (κ1) is 19.3. The average molecular weight is 373 g/mol. The van der Waals surface area contributed by atoms with Crippen LogP contribution < -0.4 is 10.0 Å².